The summed E-state index contributed by atoms with van der Waals surface area (Å²) in [6.45, 7) is 3.30. The Balaban J connectivity index is 1.80. The zero-order valence-electron chi connectivity index (χ0n) is 13.4. The number of rotatable bonds is 8. The predicted molar refractivity (Wildman–Crippen MR) is 88.0 cm³/mol. The Morgan fingerprint density at radius 2 is 2.00 bits per heavy atom. The molecule has 1 aromatic carbocycles. The van der Waals surface area contributed by atoms with Gasteiger partial charge in [0.25, 0.3) is 0 Å². The Morgan fingerprint density at radius 1 is 1.17 bits per heavy atom. The molecule has 0 unspecified atom stereocenters. The van der Waals surface area contributed by atoms with Crippen molar-refractivity contribution in [2.75, 3.05) is 32.2 Å². The van der Waals surface area contributed by atoms with Gasteiger partial charge in [0, 0.05) is 20.1 Å². The van der Waals surface area contributed by atoms with Crippen LogP contribution in [-0.4, -0.2) is 32.9 Å². The van der Waals surface area contributed by atoms with Gasteiger partial charge < -0.3 is 24.5 Å². The molecule has 2 aromatic rings. The molecular formula is C17H22N2O4. The van der Waals surface area contributed by atoms with Gasteiger partial charge in [-0.3, -0.25) is 0 Å². The number of hydrogen-bond donors (Lipinski definition) is 2. The van der Waals surface area contributed by atoms with Crippen LogP contribution in [0.2, 0.25) is 0 Å². The predicted octanol–water partition coefficient (Wildman–Crippen LogP) is 2.98. The number of hydrogen-bond acceptors (Lipinski definition) is 4. The highest BCUT2D eigenvalue weighted by atomic mass is 16.5. The van der Waals surface area contributed by atoms with E-state index < -0.39 is 0 Å². The minimum atomic E-state index is -0.281. The van der Waals surface area contributed by atoms with E-state index in [2.05, 4.69) is 10.6 Å². The molecule has 0 saturated heterocycles. The van der Waals surface area contributed by atoms with E-state index in [9.17, 15) is 4.79 Å². The van der Waals surface area contributed by atoms with Gasteiger partial charge in [-0.2, -0.15) is 0 Å². The maximum atomic E-state index is 12.0. The molecule has 2 N–H and O–H groups in total. The monoisotopic (exact) mass is 318 g/mol. The van der Waals surface area contributed by atoms with E-state index in [1.807, 2.05) is 31.2 Å². The molecule has 1 heterocycles. The number of amides is 2. The van der Waals surface area contributed by atoms with Gasteiger partial charge in [-0.25, -0.2) is 4.79 Å². The highest BCUT2D eigenvalue weighted by molar-refractivity contribution is 5.90. The molecule has 0 radical (unpaired) electrons. The van der Waals surface area contributed by atoms with E-state index in [1.165, 1.54) is 0 Å². The minimum absolute atomic E-state index is 0.281. The van der Waals surface area contributed by atoms with E-state index in [1.54, 1.807) is 19.2 Å². The average Bonchev–Trinajstić information content (AvgIpc) is 2.95. The standard InChI is InChI=1S/C17H22N2O4/c1-13-7-8-14(23-13)9-10-18-17(20)19-15-5-3-4-6-16(15)22-12-11-21-2/h3-8H,9-12H2,1-2H3,(H2,18,19,20). The lowest BCUT2D eigenvalue weighted by Crippen LogP contribution is -2.30. The Bertz CT molecular complexity index is 625. The van der Waals surface area contributed by atoms with Crippen molar-refractivity contribution in [3.8, 4) is 5.75 Å². The molecule has 0 atom stereocenters. The number of aryl methyl sites for hydroxylation is 1. The average molecular weight is 318 g/mol. The minimum Gasteiger partial charge on any atom is -0.489 e. The van der Waals surface area contributed by atoms with E-state index in [-0.39, 0.29) is 6.03 Å². The van der Waals surface area contributed by atoms with Crippen LogP contribution in [0.5, 0.6) is 5.75 Å². The van der Waals surface area contributed by atoms with Crippen molar-refractivity contribution in [3.05, 3.63) is 47.9 Å². The number of anilines is 1. The van der Waals surface area contributed by atoms with Crippen LogP contribution in [-0.2, 0) is 11.2 Å². The van der Waals surface area contributed by atoms with Crippen molar-refractivity contribution >= 4 is 11.7 Å². The Hall–Kier alpha value is -2.47. The number of ether oxygens (including phenoxy) is 2. The SMILES string of the molecule is COCCOc1ccccc1NC(=O)NCCc1ccc(C)o1. The summed E-state index contributed by atoms with van der Waals surface area (Å²) in [6, 6.07) is 10.8. The molecule has 0 aliphatic heterocycles. The van der Waals surface area contributed by atoms with Gasteiger partial charge in [0.2, 0.25) is 0 Å². The second-order valence-corrected chi connectivity index (χ2v) is 4.98. The van der Waals surface area contributed by atoms with Crippen LogP contribution in [0.25, 0.3) is 0 Å². The molecule has 0 aliphatic rings. The normalized spacial score (nSPS) is 10.3. The summed E-state index contributed by atoms with van der Waals surface area (Å²) >= 11 is 0. The van der Waals surface area contributed by atoms with Gasteiger partial charge in [-0.05, 0) is 31.2 Å². The van der Waals surface area contributed by atoms with Crippen LogP contribution >= 0.6 is 0 Å². The number of benzene rings is 1. The smallest absolute Gasteiger partial charge is 0.319 e. The molecule has 6 heteroatoms. The summed E-state index contributed by atoms with van der Waals surface area (Å²) in [5, 5.41) is 5.58. The van der Waals surface area contributed by atoms with E-state index in [0.717, 1.165) is 11.5 Å². The van der Waals surface area contributed by atoms with Gasteiger partial charge in [0.05, 0.1) is 12.3 Å². The van der Waals surface area contributed by atoms with Crippen LogP contribution in [0.4, 0.5) is 10.5 Å². The van der Waals surface area contributed by atoms with Crippen molar-refractivity contribution in [2.24, 2.45) is 0 Å². The second kappa shape index (κ2) is 8.85. The highest BCUT2D eigenvalue weighted by Gasteiger charge is 2.07. The zero-order chi connectivity index (χ0) is 16.5. The van der Waals surface area contributed by atoms with Gasteiger partial charge >= 0.3 is 6.03 Å². The Kier molecular flexibility index (Phi) is 6.50. The van der Waals surface area contributed by atoms with Crippen LogP contribution in [0.15, 0.2) is 40.8 Å². The maximum absolute atomic E-state index is 12.0. The summed E-state index contributed by atoms with van der Waals surface area (Å²) in [5.41, 5.74) is 0.620. The van der Waals surface area contributed by atoms with Crippen molar-refractivity contribution in [1.82, 2.24) is 5.32 Å². The molecule has 0 saturated carbocycles. The van der Waals surface area contributed by atoms with Gasteiger partial charge in [-0.15, -0.1) is 0 Å². The Morgan fingerprint density at radius 3 is 2.74 bits per heavy atom. The van der Waals surface area contributed by atoms with Gasteiger partial charge in [-0.1, -0.05) is 12.1 Å². The van der Waals surface area contributed by atoms with Crippen LogP contribution in [0, 0.1) is 6.92 Å². The van der Waals surface area contributed by atoms with Crippen LogP contribution in [0.3, 0.4) is 0 Å². The van der Waals surface area contributed by atoms with Gasteiger partial charge in [0.15, 0.2) is 0 Å². The first-order chi connectivity index (χ1) is 11.2. The van der Waals surface area contributed by atoms with Crippen LogP contribution in [0.1, 0.15) is 11.5 Å². The highest BCUT2D eigenvalue weighted by Crippen LogP contribution is 2.23. The summed E-state index contributed by atoms with van der Waals surface area (Å²) in [5.74, 6) is 2.33. The van der Waals surface area contributed by atoms with Crippen LogP contribution < -0.4 is 15.4 Å². The van der Waals surface area contributed by atoms with Crippen molar-refractivity contribution in [3.63, 3.8) is 0 Å². The van der Waals surface area contributed by atoms with E-state index in [4.69, 9.17) is 13.9 Å². The van der Waals surface area contributed by atoms with E-state index in [0.29, 0.717) is 37.6 Å². The van der Waals surface area contributed by atoms with Crippen molar-refractivity contribution < 1.29 is 18.7 Å². The molecule has 23 heavy (non-hydrogen) atoms. The van der Waals surface area contributed by atoms with Crippen molar-refractivity contribution in [1.29, 1.82) is 0 Å². The first-order valence-corrected chi connectivity index (χ1v) is 7.50. The summed E-state index contributed by atoms with van der Waals surface area (Å²) < 4.78 is 16.0. The third-order valence-corrected chi connectivity index (χ3v) is 3.13. The van der Waals surface area contributed by atoms with Crippen molar-refractivity contribution in [2.45, 2.75) is 13.3 Å². The summed E-state index contributed by atoms with van der Waals surface area (Å²) in [7, 11) is 1.61. The molecule has 0 bridgehead atoms. The molecular weight excluding hydrogens is 296 g/mol. The molecule has 124 valence electrons. The third kappa shape index (κ3) is 5.67. The lowest BCUT2D eigenvalue weighted by Gasteiger charge is -2.12. The number of methoxy groups -OCH3 is 1. The third-order valence-electron chi connectivity index (χ3n) is 3.13. The topological polar surface area (TPSA) is 72.7 Å². The second-order valence-electron chi connectivity index (χ2n) is 4.98. The summed E-state index contributed by atoms with van der Waals surface area (Å²) in [4.78, 5) is 12.0. The zero-order valence-corrected chi connectivity index (χ0v) is 13.4. The Labute approximate surface area is 135 Å². The number of carbonyl (C=O) groups excluding carboxylic acids is 1. The molecule has 6 nitrogen and oxygen atoms in total. The maximum Gasteiger partial charge on any atom is 0.319 e. The fourth-order valence-corrected chi connectivity index (χ4v) is 2.02. The molecule has 0 aliphatic carbocycles. The first-order valence-electron chi connectivity index (χ1n) is 7.50. The van der Waals surface area contributed by atoms with Gasteiger partial charge in [0.1, 0.15) is 23.9 Å². The quantitative estimate of drug-likeness (QED) is 0.734. The number of nitrogens with one attached hydrogen (secondary N) is 2. The summed E-state index contributed by atoms with van der Waals surface area (Å²) in [6.07, 6.45) is 0.646. The molecule has 0 fully saturated rings. The molecule has 2 rings (SSSR count). The number of para-hydroxylation sites is 2. The lowest BCUT2D eigenvalue weighted by molar-refractivity contribution is 0.146. The molecule has 1 aromatic heterocycles. The molecule has 0 spiro atoms. The largest absolute Gasteiger partial charge is 0.489 e. The fourth-order valence-electron chi connectivity index (χ4n) is 2.02. The molecule has 2 amide bonds. The number of urea groups is 1. The number of furan rings is 1. The lowest BCUT2D eigenvalue weighted by atomic mass is 10.3. The fraction of sp³-hybridized carbons (Fsp3) is 0.353. The first kappa shape index (κ1) is 16.9. The number of carbonyl (C=O) groups is 1. The van der Waals surface area contributed by atoms with E-state index >= 15 is 0 Å².